The van der Waals surface area contributed by atoms with Crippen LogP contribution >= 0.6 is 23.9 Å². The molecular formula is C22H24ClN5OS. The van der Waals surface area contributed by atoms with Crippen molar-refractivity contribution in [1.29, 1.82) is 0 Å². The number of hydrogen-bond acceptors (Lipinski definition) is 7. The number of aromatic nitrogens is 3. The molecule has 0 aliphatic carbocycles. The first-order valence-corrected chi connectivity index (χ1v) is 10.7. The Balaban J connectivity index is 0.00000218. The average molecular weight is 442 g/mol. The lowest BCUT2D eigenvalue weighted by Gasteiger charge is -2.29. The fourth-order valence-electron chi connectivity index (χ4n) is 3.83. The summed E-state index contributed by atoms with van der Waals surface area (Å²) < 4.78 is 12.0. The quantitative estimate of drug-likeness (QED) is 0.470. The molecule has 1 aliphatic heterocycles. The van der Waals surface area contributed by atoms with Gasteiger partial charge in [-0.25, -0.2) is 9.97 Å². The van der Waals surface area contributed by atoms with Crippen molar-refractivity contribution in [3.63, 3.8) is 0 Å². The van der Waals surface area contributed by atoms with Crippen molar-refractivity contribution in [1.82, 2.24) is 19.2 Å². The van der Waals surface area contributed by atoms with Crippen molar-refractivity contribution < 1.29 is 4.74 Å². The van der Waals surface area contributed by atoms with Crippen molar-refractivity contribution in [2.24, 2.45) is 0 Å². The van der Waals surface area contributed by atoms with E-state index in [0.717, 1.165) is 59.8 Å². The Morgan fingerprint density at radius 2 is 1.97 bits per heavy atom. The molecule has 1 N–H and O–H groups in total. The van der Waals surface area contributed by atoms with Gasteiger partial charge in [0.15, 0.2) is 0 Å². The van der Waals surface area contributed by atoms with Gasteiger partial charge in [0.25, 0.3) is 0 Å². The van der Waals surface area contributed by atoms with Crippen LogP contribution in [0.4, 0.5) is 11.5 Å². The molecule has 1 fully saturated rings. The Hall–Kier alpha value is -2.48. The second kappa shape index (κ2) is 8.71. The number of piperidine rings is 1. The zero-order valence-electron chi connectivity index (χ0n) is 17.0. The lowest BCUT2D eigenvalue weighted by atomic mass is 10.1. The van der Waals surface area contributed by atoms with Crippen LogP contribution in [-0.4, -0.2) is 45.5 Å². The second-order valence-corrected chi connectivity index (χ2v) is 8.40. The summed E-state index contributed by atoms with van der Waals surface area (Å²) in [5.74, 6) is 1.60. The number of hydrogen-bond donors (Lipinski definition) is 1. The third-order valence-electron chi connectivity index (χ3n) is 5.50. The Labute approximate surface area is 185 Å². The van der Waals surface area contributed by atoms with Crippen molar-refractivity contribution in [3.8, 4) is 5.75 Å². The molecule has 0 atom stereocenters. The minimum absolute atomic E-state index is 0. The Bertz CT molecular complexity index is 1170. The predicted octanol–water partition coefficient (Wildman–Crippen LogP) is 5.19. The van der Waals surface area contributed by atoms with Crippen molar-refractivity contribution in [2.45, 2.75) is 25.9 Å². The first-order valence-electron chi connectivity index (χ1n) is 9.89. The third kappa shape index (κ3) is 4.05. The number of fused-ring (bicyclic) bond motifs is 2. The van der Waals surface area contributed by atoms with Crippen LogP contribution in [0.3, 0.4) is 0 Å². The molecule has 0 spiro atoms. The minimum atomic E-state index is 0. The molecule has 2 aromatic heterocycles. The summed E-state index contributed by atoms with van der Waals surface area (Å²) in [4.78, 5) is 11.3. The molecule has 8 heteroatoms. The molecule has 156 valence electrons. The highest BCUT2D eigenvalue weighted by Gasteiger charge is 2.20. The number of ether oxygens (including phenoxy) is 1. The fraction of sp³-hybridized carbons (Fsp3) is 0.318. The summed E-state index contributed by atoms with van der Waals surface area (Å²) in [6, 6.07) is 12.3. The zero-order valence-corrected chi connectivity index (χ0v) is 18.6. The maximum absolute atomic E-state index is 6.42. The largest absolute Gasteiger partial charge is 0.489 e. The van der Waals surface area contributed by atoms with E-state index in [9.17, 15) is 0 Å². The van der Waals surface area contributed by atoms with E-state index in [1.165, 1.54) is 21.6 Å². The van der Waals surface area contributed by atoms with Crippen LogP contribution < -0.4 is 10.1 Å². The van der Waals surface area contributed by atoms with E-state index in [2.05, 4.69) is 49.8 Å². The molecular weight excluding hydrogens is 418 g/mol. The van der Waals surface area contributed by atoms with Crippen LogP contribution in [0.1, 0.15) is 18.5 Å². The number of rotatable bonds is 4. The van der Waals surface area contributed by atoms with Gasteiger partial charge in [0.05, 0.1) is 21.3 Å². The molecule has 0 saturated carbocycles. The van der Waals surface area contributed by atoms with E-state index in [-0.39, 0.29) is 18.5 Å². The van der Waals surface area contributed by atoms with Gasteiger partial charge in [-0.05, 0) is 68.7 Å². The van der Waals surface area contributed by atoms with Gasteiger partial charge in [-0.2, -0.15) is 4.37 Å². The summed E-state index contributed by atoms with van der Waals surface area (Å²) in [5.41, 5.74) is 2.91. The average Bonchev–Trinajstić information content (AvgIpc) is 3.10. The summed E-state index contributed by atoms with van der Waals surface area (Å²) in [7, 11) is 2.16. The van der Waals surface area contributed by atoms with Crippen LogP contribution in [0.25, 0.3) is 21.0 Å². The standard InChI is InChI=1S/C22H23N5OS.ClH/c1-14-17-12-15(6-7-20(17)29-26-14)25-22-21-18(23-13-24-22)4-3-5-19(21)28-16-8-10-27(2)11-9-16;/h3-7,12-13,16H,8-11H2,1-2H3,(H,23,24,25);1H. The normalized spacial score (nSPS) is 15.3. The van der Waals surface area contributed by atoms with E-state index in [4.69, 9.17) is 4.74 Å². The smallest absolute Gasteiger partial charge is 0.145 e. The van der Waals surface area contributed by atoms with E-state index in [1.807, 2.05) is 25.1 Å². The molecule has 1 aliphatic rings. The maximum Gasteiger partial charge on any atom is 0.145 e. The van der Waals surface area contributed by atoms with E-state index < -0.39 is 0 Å². The Kier molecular flexibility index (Phi) is 6.04. The Morgan fingerprint density at radius 1 is 1.13 bits per heavy atom. The number of anilines is 2. The highest BCUT2D eigenvalue weighted by Crippen LogP contribution is 2.34. The lowest BCUT2D eigenvalue weighted by molar-refractivity contribution is 0.116. The number of halogens is 1. The van der Waals surface area contributed by atoms with Crippen molar-refractivity contribution in [2.75, 3.05) is 25.5 Å². The van der Waals surface area contributed by atoms with Gasteiger partial charge in [0.1, 0.15) is 24.0 Å². The summed E-state index contributed by atoms with van der Waals surface area (Å²) in [6.07, 6.45) is 3.88. The second-order valence-electron chi connectivity index (χ2n) is 7.60. The predicted molar refractivity (Wildman–Crippen MR) is 126 cm³/mol. The monoisotopic (exact) mass is 441 g/mol. The first-order chi connectivity index (χ1) is 14.2. The van der Waals surface area contributed by atoms with Crippen molar-refractivity contribution in [3.05, 3.63) is 48.4 Å². The summed E-state index contributed by atoms with van der Waals surface area (Å²) in [5, 5.41) is 5.57. The van der Waals surface area contributed by atoms with Crippen LogP contribution in [0.5, 0.6) is 5.75 Å². The minimum Gasteiger partial charge on any atom is -0.489 e. The number of nitrogens with zero attached hydrogens (tertiary/aromatic N) is 4. The SMILES string of the molecule is Cc1nsc2ccc(Nc3ncnc4cccc(OC5CCN(C)CC5)c34)cc12.Cl. The van der Waals surface area contributed by atoms with Crippen molar-refractivity contribution >= 4 is 56.4 Å². The molecule has 30 heavy (non-hydrogen) atoms. The number of benzene rings is 2. The van der Waals surface area contributed by atoms with Gasteiger partial charge < -0.3 is 15.0 Å². The van der Waals surface area contributed by atoms with Gasteiger partial charge in [-0.3, -0.25) is 0 Å². The Morgan fingerprint density at radius 3 is 2.80 bits per heavy atom. The molecule has 1 saturated heterocycles. The molecule has 0 amide bonds. The topological polar surface area (TPSA) is 63.2 Å². The number of nitrogens with one attached hydrogen (secondary N) is 1. The summed E-state index contributed by atoms with van der Waals surface area (Å²) in [6.45, 7) is 4.16. The van der Waals surface area contributed by atoms with Crippen LogP contribution in [0, 0.1) is 6.92 Å². The highest BCUT2D eigenvalue weighted by atomic mass is 35.5. The molecule has 0 unspecified atom stereocenters. The van der Waals surface area contributed by atoms with Crippen LogP contribution in [0.2, 0.25) is 0 Å². The highest BCUT2D eigenvalue weighted by molar-refractivity contribution is 7.13. The fourth-order valence-corrected chi connectivity index (χ4v) is 4.59. The number of aryl methyl sites for hydroxylation is 1. The molecule has 0 radical (unpaired) electrons. The maximum atomic E-state index is 6.42. The van der Waals surface area contributed by atoms with Crippen LogP contribution in [-0.2, 0) is 0 Å². The molecule has 6 nitrogen and oxygen atoms in total. The summed E-state index contributed by atoms with van der Waals surface area (Å²) >= 11 is 1.53. The van der Waals surface area contributed by atoms with Gasteiger partial charge in [-0.15, -0.1) is 12.4 Å². The van der Waals surface area contributed by atoms with E-state index in [1.54, 1.807) is 6.33 Å². The first kappa shape index (κ1) is 20.8. The molecule has 3 heterocycles. The zero-order chi connectivity index (χ0) is 19.8. The van der Waals surface area contributed by atoms with Gasteiger partial charge >= 0.3 is 0 Å². The third-order valence-corrected chi connectivity index (χ3v) is 6.41. The molecule has 4 aromatic rings. The van der Waals surface area contributed by atoms with Crippen LogP contribution in [0.15, 0.2) is 42.7 Å². The van der Waals surface area contributed by atoms with Gasteiger partial charge in [0, 0.05) is 24.2 Å². The molecule has 0 bridgehead atoms. The lowest BCUT2D eigenvalue weighted by Crippen LogP contribution is -2.35. The van der Waals surface area contributed by atoms with Gasteiger partial charge in [0.2, 0.25) is 0 Å². The molecule has 2 aromatic carbocycles. The van der Waals surface area contributed by atoms with Gasteiger partial charge in [-0.1, -0.05) is 6.07 Å². The molecule has 5 rings (SSSR count). The van der Waals surface area contributed by atoms with E-state index in [0.29, 0.717) is 0 Å². The number of likely N-dealkylation sites (tertiary alicyclic amines) is 1. The van der Waals surface area contributed by atoms with E-state index >= 15 is 0 Å².